The van der Waals surface area contributed by atoms with E-state index in [0.717, 1.165) is 11.2 Å². The maximum Gasteiger partial charge on any atom is 0.207 e. The van der Waals surface area contributed by atoms with Crippen LogP contribution >= 0.6 is 0 Å². The molecule has 0 radical (unpaired) electrons. The van der Waals surface area contributed by atoms with E-state index in [4.69, 9.17) is 0 Å². The van der Waals surface area contributed by atoms with Crippen molar-refractivity contribution in [3.8, 4) is 11.5 Å². The van der Waals surface area contributed by atoms with Gasteiger partial charge in [0.25, 0.3) is 0 Å². The summed E-state index contributed by atoms with van der Waals surface area (Å²) in [6.45, 7) is 1.87. The van der Waals surface area contributed by atoms with Crippen molar-refractivity contribution in [2.45, 2.75) is 6.92 Å². The zero-order valence-corrected chi connectivity index (χ0v) is 13.2. The van der Waals surface area contributed by atoms with Crippen LogP contribution in [0.4, 0.5) is 0 Å². The molecule has 0 aliphatic carbocycles. The first kappa shape index (κ1) is 14.2. The first-order valence-corrected chi connectivity index (χ1v) is 7.40. The van der Waals surface area contributed by atoms with Gasteiger partial charge in [-0.15, -0.1) is 20.4 Å². The van der Waals surface area contributed by atoms with Crippen LogP contribution in [0.2, 0.25) is 0 Å². The fourth-order valence-corrected chi connectivity index (χ4v) is 2.37. The van der Waals surface area contributed by atoms with E-state index in [1.54, 1.807) is 10.9 Å². The van der Waals surface area contributed by atoms with Crippen LogP contribution in [0.5, 0.6) is 0 Å². The molecule has 0 amide bonds. The Hall–Kier alpha value is -3.42. The van der Waals surface area contributed by atoms with Gasteiger partial charge < -0.3 is 4.57 Å². The first-order chi connectivity index (χ1) is 11.7. The van der Waals surface area contributed by atoms with Crippen LogP contribution < -0.4 is 5.49 Å². The van der Waals surface area contributed by atoms with E-state index in [-0.39, 0.29) is 0 Å². The molecule has 0 unspecified atom stereocenters. The van der Waals surface area contributed by atoms with E-state index in [9.17, 15) is 0 Å². The van der Waals surface area contributed by atoms with Gasteiger partial charge >= 0.3 is 0 Å². The molecular formula is C16H14N8. The molecule has 0 fully saturated rings. The van der Waals surface area contributed by atoms with Crippen molar-refractivity contribution in [1.29, 1.82) is 0 Å². The fourth-order valence-electron chi connectivity index (χ4n) is 2.37. The second kappa shape index (κ2) is 5.65. The molecule has 4 heterocycles. The minimum atomic E-state index is 0.565. The van der Waals surface area contributed by atoms with Crippen LogP contribution in [0.3, 0.4) is 0 Å². The van der Waals surface area contributed by atoms with E-state index < -0.39 is 0 Å². The summed E-state index contributed by atoms with van der Waals surface area (Å²) in [5.74, 6) is 1.15. The number of hydrogen-bond donors (Lipinski definition) is 0. The van der Waals surface area contributed by atoms with Crippen LogP contribution in [-0.2, 0) is 7.05 Å². The van der Waals surface area contributed by atoms with Gasteiger partial charge in [-0.1, -0.05) is 12.1 Å². The van der Waals surface area contributed by atoms with Crippen LogP contribution in [-0.4, -0.2) is 35.8 Å². The molecule has 4 rings (SSSR count). The normalized spacial score (nSPS) is 15.7. The van der Waals surface area contributed by atoms with Crippen LogP contribution in [0.1, 0.15) is 12.7 Å². The summed E-state index contributed by atoms with van der Waals surface area (Å²) in [5, 5.41) is 21.5. The highest BCUT2D eigenvalue weighted by atomic mass is 15.5. The molecule has 8 heteroatoms. The van der Waals surface area contributed by atoms with Gasteiger partial charge in [-0.25, -0.2) is 0 Å². The lowest BCUT2D eigenvalue weighted by Crippen LogP contribution is -2.16. The summed E-state index contributed by atoms with van der Waals surface area (Å²) in [4.78, 5) is 4.29. The summed E-state index contributed by atoms with van der Waals surface area (Å²) in [6, 6.07) is 11.3. The number of pyridine rings is 2. The molecule has 8 nitrogen and oxygen atoms in total. The lowest BCUT2D eigenvalue weighted by Gasteiger charge is -1.97. The predicted molar refractivity (Wildman–Crippen MR) is 89.3 cm³/mol. The smallest absolute Gasteiger partial charge is 0.207 e. The lowest BCUT2D eigenvalue weighted by atomic mass is 10.2. The Labute approximate surface area is 137 Å². The second-order valence-electron chi connectivity index (χ2n) is 5.28. The van der Waals surface area contributed by atoms with Crippen molar-refractivity contribution in [3.05, 3.63) is 60.1 Å². The number of rotatable bonds is 2. The van der Waals surface area contributed by atoms with Crippen molar-refractivity contribution >= 4 is 11.4 Å². The molecule has 3 aromatic heterocycles. The van der Waals surface area contributed by atoms with Gasteiger partial charge in [-0.3, -0.25) is 4.98 Å². The highest BCUT2D eigenvalue weighted by Gasteiger charge is 2.26. The van der Waals surface area contributed by atoms with Crippen molar-refractivity contribution in [3.63, 3.8) is 0 Å². The summed E-state index contributed by atoms with van der Waals surface area (Å²) in [7, 11) is 1.91. The van der Waals surface area contributed by atoms with Gasteiger partial charge in [-0.05, 0) is 31.2 Å². The molecule has 0 N–H and O–H groups in total. The highest BCUT2D eigenvalue weighted by Crippen LogP contribution is 2.20. The first-order valence-electron chi connectivity index (χ1n) is 7.40. The highest BCUT2D eigenvalue weighted by molar-refractivity contribution is 6.48. The summed E-state index contributed by atoms with van der Waals surface area (Å²) in [5.41, 5.74) is 2.79. The van der Waals surface area contributed by atoms with E-state index in [0.29, 0.717) is 23.1 Å². The van der Waals surface area contributed by atoms with Crippen LogP contribution in [0.15, 0.2) is 64.1 Å². The number of hydrogen-bond acceptors (Lipinski definition) is 6. The molecule has 0 atom stereocenters. The van der Waals surface area contributed by atoms with Gasteiger partial charge in [0.2, 0.25) is 11.6 Å². The van der Waals surface area contributed by atoms with Gasteiger partial charge in [0.1, 0.15) is 5.69 Å². The standard InChI is InChI=1S/C16H14N8/c1-11-14(19-18-13-8-4-6-10-23(13)2)16-21-20-15(24(16)22-11)12-7-3-5-9-17-12/h3-10H,1-2H3. The van der Waals surface area contributed by atoms with E-state index in [2.05, 4.69) is 30.5 Å². The predicted octanol–water partition coefficient (Wildman–Crippen LogP) is 1.22. The average Bonchev–Trinajstić information content (AvgIpc) is 3.13. The molecule has 1 aliphatic heterocycles. The maximum absolute atomic E-state index is 4.48. The van der Waals surface area contributed by atoms with E-state index >= 15 is 0 Å². The largest absolute Gasteiger partial charge is 0.335 e. The molecule has 3 aromatic rings. The van der Waals surface area contributed by atoms with E-state index in [1.165, 1.54) is 0 Å². The number of nitrogens with zero attached hydrogens (tertiary/aromatic N) is 8. The Morgan fingerprint density at radius 3 is 2.58 bits per heavy atom. The molecular weight excluding hydrogens is 304 g/mol. The monoisotopic (exact) mass is 318 g/mol. The molecule has 24 heavy (non-hydrogen) atoms. The molecule has 0 spiro atoms. The summed E-state index contributed by atoms with van der Waals surface area (Å²) < 4.78 is 3.53. The average molecular weight is 318 g/mol. The SMILES string of the molecule is CC1=Nn2c(nnc2-c2ccccn2)C1=NN=c1ccccn1C. The minimum Gasteiger partial charge on any atom is -0.335 e. The molecule has 0 aromatic carbocycles. The zero-order valence-electron chi connectivity index (χ0n) is 13.2. The van der Waals surface area contributed by atoms with Crippen molar-refractivity contribution in [2.24, 2.45) is 22.4 Å². The lowest BCUT2D eigenvalue weighted by molar-refractivity contribution is 0.815. The molecule has 0 bridgehead atoms. The van der Waals surface area contributed by atoms with Crippen molar-refractivity contribution in [2.75, 3.05) is 0 Å². The molecule has 0 saturated heterocycles. The Balaban J connectivity index is 1.80. The third-order valence-electron chi connectivity index (χ3n) is 3.62. The Bertz CT molecular complexity index is 1020. The van der Waals surface area contributed by atoms with Crippen molar-refractivity contribution < 1.29 is 0 Å². The molecule has 1 aliphatic rings. The van der Waals surface area contributed by atoms with Gasteiger partial charge in [0, 0.05) is 19.4 Å². The third kappa shape index (κ3) is 2.34. The Morgan fingerprint density at radius 1 is 0.958 bits per heavy atom. The number of aryl methyl sites for hydroxylation is 1. The van der Waals surface area contributed by atoms with Gasteiger partial charge in [-0.2, -0.15) is 9.78 Å². The molecule has 0 saturated carbocycles. The van der Waals surface area contributed by atoms with Crippen LogP contribution in [0, 0.1) is 0 Å². The minimum absolute atomic E-state index is 0.565. The van der Waals surface area contributed by atoms with Gasteiger partial charge in [0.15, 0.2) is 11.2 Å². The Morgan fingerprint density at radius 2 is 1.79 bits per heavy atom. The fraction of sp³-hybridized carbons (Fsp3) is 0.125. The number of fused-ring (bicyclic) bond motifs is 1. The summed E-state index contributed by atoms with van der Waals surface area (Å²) >= 11 is 0. The third-order valence-corrected chi connectivity index (χ3v) is 3.62. The topological polar surface area (TPSA) is 85.6 Å². The maximum atomic E-state index is 4.48. The molecule has 118 valence electrons. The quantitative estimate of drug-likeness (QED) is 0.666. The summed E-state index contributed by atoms with van der Waals surface area (Å²) in [6.07, 6.45) is 3.62. The van der Waals surface area contributed by atoms with Crippen LogP contribution in [0.25, 0.3) is 11.5 Å². The van der Waals surface area contributed by atoms with E-state index in [1.807, 2.05) is 61.1 Å². The van der Waals surface area contributed by atoms with Crippen molar-refractivity contribution in [1.82, 2.24) is 24.4 Å². The second-order valence-corrected chi connectivity index (χ2v) is 5.28. The van der Waals surface area contributed by atoms with Gasteiger partial charge in [0.05, 0.1) is 5.71 Å². The Kier molecular flexibility index (Phi) is 3.34. The zero-order chi connectivity index (χ0) is 16.5. The number of aromatic nitrogens is 5.